The molecule has 4 aromatic rings. The minimum atomic E-state index is -2.97. The van der Waals surface area contributed by atoms with E-state index in [2.05, 4.69) is 10.3 Å². The van der Waals surface area contributed by atoms with Crippen LogP contribution in [0.4, 0.5) is 8.78 Å². The number of hydrogen-bond acceptors (Lipinski definition) is 6. The summed E-state index contributed by atoms with van der Waals surface area (Å²) in [6.07, 6.45) is 0.355. The van der Waals surface area contributed by atoms with E-state index in [1.807, 2.05) is 50.2 Å². The van der Waals surface area contributed by atoms with Crippen LogP contribution >= 0.6 is 0 Å². The van der Waals surface area contributed by atoms with Crippen LogP contribution < -0.4 is 10.1 Å². The average Bonchev–Trinajstić information content (AvgIpc) is 3.29. The van der Waals surface area contributed by atoms with Gasteiger partial charge in [0.2, 0.25) is 0 Å². The van der Waals surface area contributed by atoms with Gasteiger partial charge in [0.05, 0.1) is 28.7 Å². The molecule has 0 saturated carbocycles. The van der Waals surface area contributed by atoms with Crippen molar-refractivity contribution in [2.24, 2.45) is 0 Å². The smallest absolute Gasteiger partial charge is 0.387 e. The number of rotatable bonds is 7. The first-order chi connectivity index (χ1) is 17.3. The van der Waals surface area contributed by atoms with Crippen molar-refractivity contribution in [3.05, 3.63) is 83.2 Å². The number of hydrogen-bond donors (Lipinski definition) is 3. The van der Waals surface area contributed by atoms with Crippen molar-refractivity contribution >= 4 is 5.65 Å². The fourth-order valence-corrected chi connectivity index (χ4v) is 4.85. The van der Waals surface area contributed by atoms with Crippen molar-refractivity contribution in [2.75, 3.05) is 6.54 Å². The highest BCUT2D eigenvalue weighted by molar-refractivity contribution is 5.62. The standard InChI is InChI=1S/C27H28F2N4O3/c1-3-27(35,4-2)17-11-9-16(10-12-17)19-13-14-22-31-24-20(34)15-30-23(25(24)33(22)32-19)18-7-5-6-8-21(18)36-26(28)29/h5-14,20,23,26,30,34-35H,3-4,15H2,1-2H3/t20-,23-/m1/s1. The maximum absolute atomic E-state index is 13.1. The minimum absolute atomic E-state index is 0.0494. The highest BCUT2D eigenvalue weighted by atomic mass is 19.3. The summed E-state index contributed by atoms with van der Waals surface area (Å²) in [6.45, 7) is 1.15. The number of aliphatic hydroxyl groups is 2. The minimum Gasteiger partial charge on any atom is -0.434 e. The Kier molecular flexibility index (Phi) is 6.46. The van der Waals surface area contributed by atoms with Crippen LogP contribution in [-0.2, 0) is 5.60 Å². The lowest BCUT2D eigenvalue weighted by molar-refractivity contribution is -0.0507. The molecule has 2 aromatic carbocycles. The number of aliphatic hydroxyl groups excluding tert-OH is 1. The number of imidazole rings is 1. The summed E-state index contributed by atoms with van der Waals surface area (Å²) in [5.74, 6) is 0.0494. The molecule has 0 aliphatic carbocycles. The molecular weight excluding hydrogens is 466 g/mol. The molecule has 0 spiro atoms. The van der Waals surface area contributed by atoms with Gasteiger partial charge in [-0.1, -0.05) is 56.3 Å². The molecule has 5 rings (SSSR count). The number of benzene rings is 2. The van der Waals surface area contributed by atoms with Crippen molar-refractivity contribution in [3.8, 4) is 17.0 Å². The van der Waals surface area contributed by atoms with Crippen LogP contribution in [0.5, 0.6) is 5.75 Å². The van der Waals surface area contributed by atoms with Crippen molar-refractivity contribution < 1.29 is 23.7 Å². The maximum atomic E-state index is 13.1. The van der Waals surface area contributed by atoms with E-state index in [4.69, 9.17) is 9.84 Å². The Morgan fingerprint density at radius 2 is 1.81 bits per heavy atom. The largest absolute Gasteiger partial charge is 0.434 e. The predicted octanol–water partition coefficient (Wildman–Crippen LogP) is 4.73. The van der Waals surface area contributed by atoms with Gasteiger partial charge in [-0.05, 0) is 36.6 Å². The van der Waals surface area contributed by atoms with Crippen LogP contribution in [0.25, 0.3) is 16.9 Å². The van der Waals surface area contributed by atoms with E-state index < -0.39 is 24.4 Å². The molecular formula is C27H28F2N4O3. The average molecular weight is 495 g/mol. The second-order valence-corrected chi connectivity index (χ2v) is 8.96. The quantitative estimate of drug-likeness (QED) is 0.344. The third kappa shape index (κ3) is 4.23. The third-order valence-corrected chi connectivity index (χ3v) is 6.98. The van der Waals surface area contributed by atoms with Crippen molar-refractivity contribution in [1.82, 2.24) is 19.9 Å². The Morgan fingerprint density at radius 3 is 2.50 bits per heavy atom. The zero-order valence-corrected chi connectivity index (χ0v) is 20.0. The molecule has 2 aromatic heterocycles. The highest BCUT2D eigenvalue weighted by Crippen LogP contribution is 2.38. The molecule has 3 heterocycles. The molecule has 2 atom stereocenters. The molecule has 188 valence electrons. The predicted molar refractivity (Wildman–Crippen MR) is 131 cm³/mol. The molecule has 3 N–H and O–H groups in total. The summed E-state index contributed by atoms with van der Waals surface area (Å²) in [5.41, 5.74) is 3.54. The number of aromatic nitrogens is 3. The number of halogens is 2. The first kappa shape index (κ1) is 24.3. The van der Waals surface area contributed by atoms with Gasteiger partial charge in [-0.25, -0.2) is 9.50 Å². The zero-order valence-electron chi connectivity index (χ0n) is 20.0. The Morgan fingerprint density at radius 1 is 1.08 bits per heavy atom. The molecule has 1 aliphatic heterocycles. The van der Waals surface area contributed by atoms with Crippen molar-refractivity contribution in [2.45, 2.75) is 51.0 Å². The molecule has 36 heavy (non-hydrogen) atoms. The number of alkyl halides is 2. The molecule has 7 nitrogen and oxygen atoms in total. The topological polar surface area (TPSA) is 91.9 Å². The summed E-state index contributed by atoms with van der Waals surface area (Å²) in [6, 6.07) is 17.3. The number of fused-ring (bicyclic) bond motifs is 3. The molecule has 0 fully saturated rings. The summed E-state index contributed by atoms with van der Waals surface area (Å²) in [7, 11) is 0. The number of nitrogens with zero attached hydrogens (tertiary/aromatic N) is 3. The van der Waals surface area contributed by atoms with Gasteiger partial charge >= 0.3 is 6.61 Å². The van der Waals surface area contributed by atoms with Crippen molar-refractivity contribution in [1.29, 1.82) is 0 Å². The molecule has 0 unspecified atom stereocenters. The summed E-state index contributed by atoms with van der Waals surface area (Å²) in [4.78, 5) is 4.59. The van der Waals surface area contributed by atoms with Gasteiger partial charge in [0.15, 0.2) is 5.65 Å². The zero-order chi connectivity index (χ0) is 25.4. The maximum Gasteiger partial charge on any atom is 0.387 e. The van der Waals surface area contributed by atoms with Crippen LogP contribution in [0.1, 0.15) is 61.3 Å². The fraction of sp³-hybridized carbons (Fsp3) is 0.333. The van der Waals surface area contributed by atoms with Gasteiger partial charge in [-0.3, -0.25) is 0 Å². The number of para-hydroxylation sites is 1. The second-order valence-electron chi connectivity index (χ2n) is 8.96. The first-order valence-corrected chi connectivity index (χ1v) is 12.0. The highest BCUT2D eigenvalue weighted by Gasteiger charge is 2.34. The Hall–Kier alpha value is -3.40. The fourth-order valence-electron chi connectivity index (χ4n) is 4.85. The van der Waals surface area contributed by atoms with Crippen LogP contribution in [-0.4, -0.2) is 38.0 Å². The van der Waals surface area contributed by atoms with Gasteiger partial charge in [-0.2, -0.15) is 13.9 Å². The van der Waals surface area contributed by atoms with E-state index in [-0.39, 0.29) is 12.3 Å². The van der Waals surface area contributed by atoms with E-state index >= 15 is 0 Å². The monoisotopic (exact) mass is 494 g/mol. The van der Waals surface area contributed by atoms with Crippen LogP contribution in [0.3, 0.4) is 0 Å². The Bertz CT molecular complexity index is 1370. The lowest BCUT2D eigenvalue weighted by Gasteiger charge is -2.28. The van der Waals surface area contributed by atoms with E-state index in [9.17, 15) is 19.0 Å². The normalized spacial score (nSPS) is 18.0. The number of ether oxygens (including phenoxy) is 1. The van der Waals surface area contributed by atoms with E-state index in [0.29, 0.717) is 41.1 Å². The summed E-state index contributed by atoms with van der Waals surface area (Å²) >= 11 is 0. The molecule has 0 amide bonds. The van der Waals surface area contributed by atoms with Crippen LogP contribution in [0, 0.1) is 0 Å². The second kappa shape index (κ2) is 9.57. The van der Waals surface area contributed by atoms with Gasteiger partial charge in [0.25, 0.3) is 0 Å². The lowest BCUT2D eigenvalue weighted by atomic mass is 9.88. The molecule has 0 saturated heterocycles. The van der Waals surface area contributed by atoms with Crippen molar-refractivity contribution in [3.63, 3.8) is 0 Å². The van der Waals surface area contributed by atoms with Gasteiger partial charge in [0.1, 0.15) is 11.9 Å². The van der Waals surface area contributed by atoms with Crippen LogP contribution in [0.2, 0.25) is 0 Å². The van der Waals surface area contributed by atoms with Gasteiger partial charge < -0.3 is 20.3 Å². The SMILES string of the molecule is CCC(O)(CC)c1ccc(-c2ccc3nc4c(n3n2)[C@@H](c2ccccc2OC(F)F)NC[C@H]4O)cc1. The van der Waals surface area contributed by atoms with E-state index in [1.165, 1.54) is 6.07 Å². The van der Waals surface area contributed by atoms with E-state index in [1.54, 1.807) is 22.7 Å². The molecule has 0 bridgehead atoms. The van der Waals surface area contributed by atoms with Gasteiger partial charge in [-0.15, -0.1) is 0 Å². The first-order valence-electron chi connectivity index (χ1n) is 12.0. The lowest BCUT2D eigenvalue weighted by Crippen LogP contribution is -2.35. The number of β-amino-alcohol motifs (C(OH)–C–C–N with tert-alkyl or cyclic N) is 1. The third-order valence-electron chi connectivity index (χ3n) is 6.98. The Labute approximate surface area is 207 Å². The molecule has 9 heteroatoms. The summed E-state index contributed by atoms with van der Waals surface area (Å²) in [5, 5.41) is 29.5. The van der Waals surface area contributed by atoms with E-state index in [0.717, 1.165) is 11.1 Å². The molecule has 1 aliphatic rings. The molecule has 0 radical (unpaired) electrons. The van der Waals surface area contributed by atoms with Gasteiger partial charge in [0, 0.05) is 17.7 Å². The summed E-state index contributed by atoms with van der Waals surface area (Å²) < 4.78 is 32.6. The van der Waals surface area contributed by atoms with Crippen LogP contribution in [0.15, 0.2) is 60.7 Å². The number of nitrogens with one attached hydrogen (secondary N) is 1. The Balaban J connectivity index is 1.60.